The number of nitrogens with one attached hydrogen (secondary N) is 1. The molecule has 1 atom stereocenters. The molecule has 1 amide bonds. The Kier molecular flexibility index (Phi) is 7.30. The highest BCUT2D eigenvalue weighted by Gasteiger charge is 2.28. The molecule has 9 heteroatoms. The molecule has 0 radical (unpaired) electrons. The summed E-state index contributed by atoms with van der Waals surface area (Å²) in [6.45, 7) is 4.10. The topological polar surface area (TPSA) is 108 Å². The molecule has 36 heavy (non-hydrogen) atoms. The van der Waals surface area contributed by atoms with E-state index in [1.165, 1.54) is 19.2 Å². The number of benzene rings is 3. The summed E-state index contributed by atoms with van der Waals surface area (Å²) in [5.41, 5.74) is 2.67. The summed E-state index contributed by atoms with van der Waals surface area (Å²) in [4.78, 5) is 25.2. The fraction of sp³-hybridized carbons (Fsp3) is 0.259. The van der Waals surface area contributed by atoms with Crippen molar-refractivity contribution in [2.24, 2.45) is 0 Å². The van der Waals surface area contributed by atoms with E-state index >= 15 is 0 Å². The number of hydrogen-bond donors (Lipinski definition) is 1. The first-order chi connectivity index (χ1) is 17.2. The molecule has 8 nitrogen and oxygen atoms in total. The zero-order valence-electron chi connectivity index (χ0n) is 20.2. The van der Waals surface area contributed by atoms with E-state index in [9.17, 15) is 18.0 Å². The molecule has 1 aliphatic rings. The molecule has 188 valence electrons. The lowest BCUT2D eigenvalue weighted by Crippen LogP contribution is -2.35. The predicted octanol–water partition coefficient (Wildman–Crippen LogP) is 4.16. The van der Waals surface area contributed by atoms with E-state index in [4.69, 9.17) is 14.2 Å². The van der Waals surface area contributed by atoms with E-state index in [0.717, 1.165) is 11.1 Å². The van der Waals surface area contributed by atoms with E-state index in [0.29, 0.717) is 22.6 Å². The van der Waals surface area contributed by atoms with Crippen LogP contribution >= 0.6 is 0 Å². The van der Waals surface area contributed by atoms with Crippen LogP contribution in [-0.4, -0.2) is 34.2 Å². The Morgan fingerprint density at radius 3 is 2.19 bits per heavy atom. The molecule has 0 aliphatic carbocycles. The van der Waals surface area contributed by atoms with Gasteiger partial charge in [-0.05, 0) is 65.4 Å². The van der Waals surface area contributed by atoms with Crippen molar-refractivity contribution in [2.45, 2.75) is 37.0 Å². The van der Waals surface area contributed by atoms with E-state index in [-0.39, 0.29) is 24.0 Å². The van der Waals surface area contributed by atoms with Crippen molar-refractivity contribution in [3.63, 3.8) is 0 Å². The van der Waals surface area contributed by atoms with Crippen LogP contribution in [-0.2, 0) is 26.0 Å². The first kappa shape index (κ1) is 25.2. The van der Waals surface area contributed by atoms with Gasteiger partial charge < -0.3 is 14.2 Å². The van der Waals surface area contributed by atoms with Gasteiger partial charge in [-0.2, -0.15) is 0 Å². The van der Waals surface area contributed by atoms with E-state index in [1.807, 2.05) is 13.8 Å². The fourth-order valence-electron chi connectivity index (χ4n) is 3.92. The Hall–Kier alpha value is -3.85. The minimum absolute atomic E-state index is 0.00659. The number of ether oxygens (including phenoxy) is 3. The zero-order valence-corrected chi connectivity index (χ0v) is 21.0. The van der Waals surface area contributed by atoms with Crippen LogP contribution in [0.2, 0.25) is 0 Å². The third-order valence-corrected chi connectivity index (χ3v) is 7.39. The number of hydrogen-bond acceptors (Lipinski definition) is 7. The predicted molar refractivity (Wildman–Crippen MR) is 133 cm³/mol. The summed E-state index contributed by atoms with van der Waals surface area (Å²) in [5.74, 6) is -0.720. The van der Waals surface area contributed by atoms with Crippen LogP contribution in [0.3, 0.4) is 0 Å². The van der Waals surface area contributed by atoms with Gasteiger partial charge in [0.05, 0.1) is 23.5 Å². The molecule has 4 rings (SSSR count). The first-order valence-corrected chi connectivity index (χ1v) is 12.9. The van der Waals surface area contributed by atoms with Gasteiger partial charge in [0.1, 0.15) is 0 Å². The lowest BCUT2D eigenvalue weighted by Gasteiger charge is -2.18. The molecule has 1 heterocycles. The molecule has 3 aromatic rings. The fourth-order valence-corrected chi connectivity index (χ4v) is 4.94. The second-order valence-corrected chi connectivity index (χ2v) is 10.4. The Balaban J connectivity index is 1.62. The minimum atomic E-state index is -4.10. The van der Waals surface area contributed by atoms with Crippen LogP contribution in [0.25, 0.3) is 0 Å². The van der Waals surface area contributed by atoms with Gasteiger partial charge in [-0.3, -0.25) is 4.79 Å². The van der Waals surface area contributed by atoms with Crippen LogP contribution < -0.4 is 14.2 Å². The maximum absolute atomic E-state index is 13.4. The number of rotatable bonds is 8. The largest absolute Gasteiger partial charge is 0.465 e. The highest BCUT2D eigenvalue weighted by Crippen LogP contribution is 2.36. The second-order valence-electron chi connectivity index (χ2n) is 8.75. The van der Waals surface area contributed by atoms with Crippen LogP contribution in [0, 0.1) is 0 Å². The van der Waals surface area contributed by atoms with Crippen LogP contribution in [0.15, 0.2) is 71.6 Å². The molecule has 0 saturated carbocycles. The van der Waals surface area contributed by atoms with Crippen molar-refractivity contribution in [1.82, 2.24) is 4.72 Å². The maximum atomic E-state index is 13.4. The van der Waals surface area contributed by atoms with Gasteiger partial charge in [0.15, 0.2) is 11.5 Å². The summed E-state index contributed by atoms with van der Waals surface area (Å²) >= 11 is 0. The van der Waals surface area contributed by atoms with Crippen molar-refractivity contribution in [3.8, 4) is 11.5 Å². The van der Waals surface area contributed by atoms with Gasteiger partial charge in [-0.25, -0.2) is 17.9 Å². The molecule has 0 aromatic heterocycles. The summed E-state index contributed by atoms with van der Waals surface area (Å²) < 4.78 is 43.8. The highest BCUT2D eigenvalue weighted by molar-refractivity contribution is 7.90. The minimum Gasteiger partial charge on any atom is -0.465 e. The van der Waals surface area contributed by atoms with E-state index in [1.54, 1.807) is 54.6 Å². The number of sulfonamides is 1. The Bertz CT molecular complexity index is 1360. The number of amides is 1. The molecule has 1 unspecified atom stereocenters. The second kappa shape index (κ2) is 10.4. The average molecular weight is 510 g/mol. The molecule has 0 fully saturated rings. The quantitative estimate of drug-likeness (QED) is 0.454. The van der Waals surface area contributed by atoms with Crippen molar-refractivity contribution >= 4 is 21.9 Å². The normalized spacial score (nSPS) is 13.3. The standard InChI is InChI=1S/C27H27NO7S/c1-17(2)19-8-11-22(12-9-19)36(31,32)28-26(29)23(21-10-13-24-25(15-21)35-16-34-24)14-18-4-6-20(7-5-18)27(30)33-3/h4-13,15,17,23H,14,16H2,1-3H3,(H,28,29). The van der Waals surface area contributed by atoms with Crippen molar-refractivity contribution < 1.29 is 32.2 Å². The maximum Gasteiger partial charge on any atom is 0.337 e. The SMILES string of the molecule is COC(=O)c1ccc(CC(C(=O)NS(=O)(=O)c2ccc(C(C)C)cc2)c2ccc3c(c2)OCO3)cc1. The van der Waals surface area contributed by atoms with E-state index in [2.05, 4.69) is 4.72 Å². The summed E-state index contributed by atoms with van der Waals surface area (Å²) in [7, 11) is -2.80. The third-order valence-electron chi connectivity index (χ3n) is 6.02. The Labute approximate surface area is 210 Å². The van der Waals surface area contributed by atoms with E-state index < -0.39 is 27.8 Å². The molecule has 0 saturated heterocycles. The third kappa shape index (κ3) is 5.52. The van der Waals surface area contributed by atoms with Gasteiger partial charge in [-0.1, -0.05) is 44.2 Å². The van der Waals surface area contributed by atoms with Gasteiger partial charge in [0.25, 0.3) is 10.0 Å². The van der Waals surface area contributed by atoms with Crippen molar-refractivity contribution in [2.75, 3.05) is 13.9 Å². The van der Waals surface area contributed by atoms with Crippen molar-refractivity contribution in [3.05, 3.63) is 89.0 Å². The number of carbonyl (C=O) groups is 2. The molecular formula is C27H27NO7S. The summed E-state index contributed by atoms with van der Waals surface area (Å²) in [6.07, 6.45) is 0.189. The molecule has 0 bridgehead atoms. The number of methoxy groups -OCH3 is 1. The number of fused-ring (bicyclic) bond motifs is 1. The van der Waals surface area contributed by atoms with Crippen LogP contribution in [0.1, 0.15) is 52.7 Å². The van der Waals surface area contributed by atoms with Gasteiger partial charge in [0.2, 0.25) is 12.7 Å². The first-order valence-electron chi connectivity index (χ1n) is 11.4. The number of esters is 1. The highest BCUT2D eigenvalue weighted by atomic mass is 32.2. The Morgan fingerprint density at radius 1 is 0.917 bits per heavy atom. The average Bonchev–Trinajstić information content (AvgIpc) is 3.35. The van der Waals surface area contributed by atoms with Crippen LogP contribution in [0.4, 0.5) is 0 Å². The van der Waals surface area contributed by atoms with Gasteiger partial charge >= 0.3 is 5.97 Å². The molecule has 1 N–H and O–H groups in total. The molecular weight excluding hydrogens is 482 g/mol. The summed E-state index contributed by atoms with van der Waals surface area (Å²) in [6, 6.07) is 18.2. The van der Waals surface area contributed by atoms with Gasteiger partial charge in [-0.15, -0.1) is 0 Å². The van der Waals surface area contributed by atoms with Crippen LogP contribution in [0.5, 0.6) is 11.5 Å². The molecule has 0 spiro atoms. The van der Waals surface area contributed by atoms with Gasteiger partial charge in [0, 0.05) is 0 Å². The Morgan fingerprint density at radius 2 is 1.56 bits per heavy atom. The van der Waals surface area contributed by atoms with Crippen molar-refractivity contribution in [1.29, 1.82) is 0 Å². The smallest absolute Gasteiger partial charge is 0.337 e. The summed E-state index contributed by atoms with van der Waals surface area (Å²) in [5, 5.41) is 0. The number of carbonyl (C=O) groups excluding carboxylic acids is 2. The lowest BCUT2D eigenvalue weighted by molar-refractivity contribution is -0.120. The lowest BCUT2D eigenvalue weighted by atomic mass is 9.91. The molecule has 1 aliphatic heterocycles. The monoisotopic (exact) mass is 509 g/mol. The zero-order chi connectivity index (χ0) is 25.9. The molecule has 3 aromatic carbocycles.